The Morgan fingerprint density at radius 3 is 2.65 bits per heavy atom. The van der Waals surface area contributed by atoms with Crippen molar-refractivity contribution >= 4 is 11.9 Å². The SMILES string of the molecule is CCCCCOC(=O)c1ccc(C(=O)O)nc1. The normalized spacial score (nSPS) is 9.94. The van der Waals surface area contributed by atoms with Gasteiger partial charge in [0.1, 0.15) is 5.69 Å². The predicted octanol–water partition coefficient (Wildman–Crippen LogP) is 2.13. The quantitative estimate of drug-likeness (QED) is 0.605. The zero-order valence-corrected chi connectivity index (χ0v) is 9.68. The van der Waals surface area contributed by atoms with E-state index in [1.165, 1.54) is 18.3 Å². The Kier molecular flexibility index (Phi) is 5.13. The maximum Gasteiger partial charge on any atom is 0.354 e. The minimum absolute atomic E-state index is 0.0902. The second kappa shape index (κ2) is 6.62. The summed E-state index contributed by atoms with van der Waals surface area (Å²) in [5.74, 6) is -1.58. The zero-order chi connectivity index (χ0) is 12.7. The van der Waals surface area contributed by atoms with Crippen molar-refractivity contribution in [2.75, 3.05) is 6.61 Å². The van der Waals surface area contributed by atoms with Crippen molar-refractivity contribution in [2.24, 2.45) is 0 Å². The summed E-state index contributed by atoms with van der Waals surface area (Å²) in [6, 6.07) is 2.68. The lowest BCUT2D eigenvalue weighted by molar-refractivity contribution is 0.0496. The van der Waals surface area contributed by atoms with E-state index < -0.39 is 11.9 Å². The van der Waals surface area contributed by atoms with Gasteiger partial charge in [0, 0.05) is 6.20 Å². The number of nitrogens with zero attached hydrogens (tertiary/aromatic N) is 1. The molecule has 1 rings (SSSR count). The van der Waals surface area contributed by atoms with Crippen molar-refractivity contribution in [1.82, 2.24) is 4.98 Å². The van der Waals surface area contributed by atoms with Gasteiger partial charge in [-0.05, 0) is 18.6 Å². The maximum absolute atomic E-state index is 11.5. The lowest BCUT2D eigenvalue weighted by atomic mass is 10.2. The van der Waals surface area contributed by atoms with Gasteiger partial charge in [0.25, 0.3) is 0 Å². The molecule has 0 fully saturated rings. The molecule has 0 spiro atoms. The molecule has 0 radical (unpaired) electrons. The van der Waals surface area contributed by atoms with E-state index in [1.807, 2.05) is 0 Å². The third-order valence-corrected chi connectivity index (χ3v) is 2.20. The average Bonchev–Trinajstić information content (AvgIpc) is 2.34. The van der Waals surface area contributed by atoms with Gasteiger partial charge in [0.2, 0.25) is 0 Å². The van der Waals surface area contributed by atoms with E-state index in [2.05, 4.69) is 11.9 Å². The topological polar surface area (TPSA) is 76.5 Å². The fraction of sp³-hybridized carbons (Fsp3) is 0.417. The van der Waals surface area contributed by atoms with Gasteiger partial charge in [-0.1, -0.05) is 19.8 Å². The third kappa shape index (κ3) is 4.22. The Balaban J connectivity index is 2.49. The van der Waals surface area contributed by atoms with Gasteiger partial charge >= 0.3 is 11.9 Å². The van der Waals surface area contributed by atoms with Crippen LogP contribution in [0.5, 0.6) is 0 Å². The number of carbonyl (C=O) groups excluding carboxylic acids is 1. The second-order valence-corrected chi connectivity index (χ2v) is 3.58. The van der Waals surface area contributed by atoms with E-state index in [4.69, 9.17) is 9.84 Å². The summed E-state index contributed by atoms with van der Waals surface area (Å²) in [6.45, 7) is 2.45. The average molecular weight is 237 g/mol. The first-order chi connectivity index (χ1) is 8.15. The highest BCUT2D eigenvalue weighted by atomic mass is 16.5. The largest absolute Gasteiger partial charge is 0.477 e. The van der Waals surface area contributed by atoms with Gasteiger partial charge in [-0.25, -0.2) is 14.6 Å². The van der Waals surface area contributed by atoms with Crippen molar-refractivity contribution in [3.63, 3.8) is 0 Å². The van der Waals surface area contributed by atoms with E-state index >= 15 is 0 Å². The summed E-state index contributed by atoms with van der Waals surface area (Å²) < 4.78 is 5.00. The molecular weight excluding hydrogens is 222 g/mol. The molecular formula is C12H15NO4. The highest BCUT2D eigenvalue weighted by Crippen LogP contribution is 2.04. The number of aromatic carboxylic acids is 1. The van der Waals surface area contributed by atoms with Gasteiger partial charge < -0.3 is 9.84 Å². The Morgan fingerprint density at radius 1 is 1.35 bits per heavy atom. The van der Waals surface area contributed by atoms with Gasteiger partial charge in [-0.3, -0.25) is 0 Å². The van der Waals surface area contributed by atoms with Crippen LogP contribution in [0, 0.1) is 0 Å². The summed E-state index contributed by atoms with van der Waals surface area (Å²) in [4.78, 5) is 25.7. The van der Waals surface area contributed by atoms with Crippen LogP contribution < -0.4 is 0 Å². The lowest BCUT2D eigenvalue weighted by Crippen LogP contribution is -2.08. The molecule has 0 aliphatic heterocycles. The van der Waals surface area contributed by atoms with Crippen molar-refractivity contribution in [2.45, 2.75) is 26.2 Å². The van der Waals surface area contributed by atoms with Gasteiger partial charge in [0.05, 0.1) is 12.2 Å². The molecule has 0 amide bonds. The van der Waals surface area contributed by atoms with Crippen molar-refractivity contribution in [1.29, 1.82) is 0 Å². The van der Waals surface area contributed by atoms with E-state index in [1.54, 1.807) is 0 Å². The summed E-state index contributed by atoms with van der Waals surface area (Å²) in [6.07, 6.45) is 4.13. The molecule has 0 atom stereocenters. The van der Waals surface area contributed by atoms with Crippen LogP contribution in [0.1, 0.15) is 47.0 Å². The van der Waals surface area contributed by atoms with Gasteiger partial charge in [-0.15, -0.1) is 0 Å². The van der Waals surface area contributed by atoms with Crippen molar-refractivity contribution in [3.05, 3.63) is 29.6 Å². The summed E-state index contributed by atoms with van der Waals surface area (Å²) >= 11 is 0. The second-order valence-electron chi connectivity index (χ2n) is 3.58. The molecule has 92 valence electrons. The molecule has 1 N–H and O–H groups in total. The fourth-order valence-electron chi connectivity index (χ4n) is 1.24. The summed E-state index contributed by atoms with van der Waals surface area (Å²) in [5.41, 5.74) is 0.180. The van der Waals surface area contributed by atoms with Gasteiger partial charge in [0.15, 0.2) is 0 Å². The molecule has 1 aromatic heterocycles. The molecule has 0 aliphatic rings. The number of pyridine rings is 1. The van der Waals surface area contributed by atoms with E-state index in [-0.39, 0.29) is 11.3 Å². The van der Waals surface area contributed by atoms with Crippen LogP contribution in [0.25, 0.3) is 0 Å². The highest BCUT2D eigenvalue weighted by molar-refractivity contribution is 5.90. The number of unbranched alkanes of at least 4 members (excludes halogenated alkanes) is 2. The molecule has 0 saturated carbocycles. The number of carboxylic acids is 1. The Labute approximate surface area is 99.4 Å². The van der Waals surface area contributed by atoms with Crippen molar-refractivity contribution in [3.8, 4) is 0 Å². The standard InChI is InChI=1S/C12H15NO4/c1-2-3-4-7-17-12(16)9-5-6-10(11(14)15)13-8-9/h5-6,8H,2-4,7H2,1H3,(H,14,15). The summed E-state index contributed by atoms with van der Waals surface area (Å²) in [7, 11) is 0. The first-order valence-electron chi connectivity index (χ1n) is 5.51. The van der Waals surface area contributed by atoms with Crippen LogP contribution >= 0.6 is 0 Å². The number of aromatic nitrogens is 1. The number of carboxylic acid groups (broad SMARTS) is 1. The number of hydrogen-bond acceptors (Lipinski definition) is 4. The number of rotatable bonds is 6. The molecule has 0 saturated heterocycles. The number of hydrogen-bond donors (Lipinski definition) is 1. The number of ether oxygens (including phenoxy) is 1. The van der Waals surface area contributed by atoms with Gasteiger partial charge in [-0.2, -0.15) is 0 Å². The van der Waals surface area contributed by atoms with Crippen LogP contribution in [0.4, 0.5) is 0 Å². The molecule has 5 heteroatoms. The van der Waals surface area contributed by atoms with E-state index in [0.29, 0.717) is 6.61 Å². The van der Waals surface area contributed by atoms with Crippen LogP contribution in [0.15, 0.2) is 18.3 Å². The smallest absolute Gasteiger partial charge is 0.354 e. The molecule has 17 heavy (non-hydrogen) atoms. The number of esters is 1. The molecule has 0 aromatic carbocycles. The highest BCUT2D eigenvalue weighted by Gasteiger charge is 2.09. The third-order valence-electron chi connectivity index (χ3n) is 2.20. The Hall–Kier alpha value is -1.91. The van der Waals surface area contributed by atoms with Crippen molar-refractivity contribution < 1.29 is 19.4 Å². The van der Waals surface area contributed by atoms with Crippen LogP contribution in [0.3, 0.4) is 0 Å². The molecule has 0 unspecified atom stereocenters. The molecule has 1 heterocycles. The van der Waals surface area contributed by atoms with E-state index in [0.717, 1.165) is 19.3 Å². The van der Waals surface area contributed by atoms with Crippen LogP contribution in [-0.4, -0.2) is 28.6 Å². The Bertz CT molecular complexity index is 386. The van der Waals surface area contributed by atoms with Crippen LogP contribution in [0.2, 0.25) is 0 Å². The molecule has 5 nitrogen and oxygen atoms in total. The summed E-state index contributed by atoms with van der Waals surface area (Å²) in [5, 5.41) is 8.64. The minimum atomic E-state index is -1.12. The molecule has 1 aromatic rings. The lowest BCUT2D eigenvalue weighted by Gasteiger charge is -2.03. The molecule has 0 aliphatic carbocycles. The van der Waals surface area contributed by atoms with E-state index in [9.17, 15) is 9.59 Å². The fourth-order valence-corrected chi connectivity index (χ4v) is 1.24. The van der Waals surface area contributed by atoms with Crippen LogP contribution in [-0.2, 0) is 4.74 Å². The monoisotopic (exact) mass is 237 g/mol. The Morgan fingerprint density at radius 2 is 2.12 bits per heavy atom. The predicted molar refractivity (Wildman–Crippen MR) is 61.0 cm³/mol. The number of carbonyl (C=O) groups is 2. The minimum Gasteiger partial charge on any atom is -0.477 e. The molecule has 0 bridgehead atoms. The maximum atomic E-state index is 11.5. The first-order valence-corrected chi connectivity index (χ1v) is 5.51. The zero-order valence-electron chi connectivity index (χ0n) is 9.68. The first kappa shape index (κ1) is 13.2.